The van der Waals surface area contributed by atoms with Crippen LogP contribution in [0.25, 0.3) is 0 Å². The van der Waals surface area contributed by atoms with Crippen molar-refractivity contribution in [2.24, 2.45) is 10.9 Å². The highest BCUT2D eigenvalue weighted by atomic mass is 16.5. The molecule has 3 heterocycles. The van der Waals surface area contributed by atoms with Crippen molar-refractivity contribution in [3.8, 4) is 0 Å². The molecule has 0 bridgehead atoms. The van der Waals surface area contributed by atoms with Crippen molar-refractivity contribution in [2.75, 3.05) is 39.4 Å². The maximum Gasteiger partial charge on any atom is 0.194 e. The van der Waals surface area contributed by atoms with E-state index in [0.29, 0.717) is 0 Å². The molecule has 1 aromatic heterocycles. The van der Waals surface area contributed by atoms with Gasteiger partial charge in [0.1, 0.15) is 11.9 Å². The minimum absolute atomic E-state index is 0.156. The van der Waals surface area contributed by atoms with E-state index in [0.717, 1.165) is 76.3 Å². The summed E-state index contributed by atoms with van der Waals surface area (Å²) in [6, 6.07) is 3.98. The van der Waals surface area contributed by atoms with Crippen LogP contribution in [0.5, 0.6) is 0 Å². The van der Waals surface area contributed by atoms with E-state index in [4.69, 9.17) is 18.9 Å². The molecule has 2 unspecified atom stereocenters. The summed E-state index contributed by atoms with van der Waals surface area (Å²) in [4.78, 5) is 7.43. The standard InChI is InChI=1S/C22H35N3O3/c1-2-6-18(7-3-1)16-24-22(23-11-10-19-8-4-13-26-19)25-12-15-28-21(17-25)20-9-5-14-27-20/h4,8,13,18,20-21H,1-3,5-7,9-12,14-17H2,(H,23,24). The molecular weight excluding hydrogens is 354 g/mol. The third kappa shape index (κ3) is 5.51. The molecule has 6 heteroatoms. The molecular formula is C22H35N3O3. The van der Waals surface area contributed by atoms with Gasteiger partial charge in [0.25, 0.3) is 0 Å². The molecule has 1 aliphatic carbocycles. The van der Waals surface area contributed by atoms with E-state index in [2.05, 4.69) is 10.2 Å². The summed E-state index contributed by atoms with van der Waals surface area (Å²) in [5, 5.41) is 3.60. The lowest BCUT2D eigenvalue weighted by molar-refractivity contribution is -0.0817. The van der Waals surface area contributed by atoms with Gasteiger partial charge in [0, 0.05) is 39.2 Å². The average Bonchev–Trinajstić information content (AvgIpc) is 3.46. The summed E-state index contributed by atoms with van der Waals surface area (Å²) < 4.78 is 17.4. The maximum absolute atomic E-state index is 6.04. The van der Waals surface area contributed by atoms with Gasteiger partial charge in [-0.2, -0.15) is 0 Å². The third-order valence-corrected chi connectivity index (χ3v) is 6.23. The first-order valence-corrected chi connectivity index (χ1v) is 11.2. The Labute approximate surface area is 168 Å². The number of morpholine rings is 1. The summed E-state index contributed by atoms with van der Waals surface area (Å²) in [5.41, 5.74) is 0. The predicted octanol–water partition coefficient (Wildman–Crippen LogP) is 3.23. The molecule has 2 saturated heterocycles. The van der Waals surface area contributed by atoms with E-state index in [-0.39, 0.29) is 12.2 Å². The lowest BCUT2D eigenvalue weighted by Crippen LogP contribution is -2.53. The molecule has 2 atom stereocenters. The van der Waals surface area contributed by atoms with Crippen LogP contribution in [0, 0.1) is 5.92 Å². The fourth-order valence-electron chi connectivity index (χ4n) is 4.59. The highest BCUT2D eigenvalue weighted by Crippen LogP contribution is 2.24. The smallest absolute Gasteiger partial charge is 0.194 e. The van der Waals surface area contributed by atoms with Gasteiger partial charge in [-0.05, 0) is 43.7 Å². The molecule has 1 saturated carbocycles. The first kappa shape index (κ1) is 19.8. The fraction of sp³-hybridized carbons (Fsp3) is 0.773. The second-order valence-corrected chi connectivity index (χ2v) is 8.33. The summed E-state index contributed by atoms with van der Waals surface area (Å²) in [6.45, 7) is 5.13. The maximum atomic E-state index is 6.04. The quantitative estimate of drug-likeness (QED) is 0.598. The molecule has 1 N–H and O–H groups in total. The summed E-state index contributed by atoms with van der Waals surface area (Å²) in [6.07, 6.45) is 12.0. The fourth-order valence-corrected chi connectivity index (χ4v) is 4.59. The van der Waals surface area contributed by atoms with E-state index >= 15 is 0 Å². The first-order valence-electron chi connectivity index (χ1n) is 11.2. The molecule has 0 spiro atoms. The van der Waals surface area contributed by atoms with Gasteiger partial charge in [-0.3, -0.25) is 4.99 Å². The zero-order chi connectivity index (χ0) is 19.0. The summed E-state index contributed by atoms with van der Waals surface area (Å²) >= 11 is 0. The van der Waals surface area contributed by atoms with Crippen LogP contribution in [0.15, 0.2) is 27.8 Å². The molecule has 0 amide bonds. The monoisotopic (exact) mass is 389 g/mol. The van der Waals surface area contributed by atoms with Crippen LogP contribution in [-0.2, 0) is 15.9 Å². The van der Waals surface area contributed by atoms with Crippen LogP contribution >= 0.6 is 0 Å². The second-order valence-electron chi connectivity index (χ2n) is 8.33. The Balaban J connectivity index is 1.36. The van der Waals surface area contributed by atoms with Crippen molar-refractivity contribution in [3.05, 3.63) is 24.2 Å². The van der Waals surface area contributed by atoms with Crippen molar-refractivity contribution in [2.45, 2.75) is 63.6 Å². The van der Waals surface area contributed by atoms with Gasteiger partial charge >= 0.3 is 0 Å². The number of ether oxygens (including phenoxy) is 2. The number of rotatable bonds is 6. The topological polar surface area (TPSA) is 59.2 Å². The van der Waals surface area contributed by atoms with Gasteiger partial charge < -0.3 is 24.1 Å². The molecule has 6 nitrogen and oxygen atoms in total. The van der Waals surface area contributed by atoms with E-state index in [1.807, 2.05) is 12.1 Å². The Morgan fingerprint density at radius 3 is 2.75 bits per heavy atom. The molecule has 0 radical (unpaired) electrons. The molecule has 2 aliphatic heterocycles. The van der Waals surface area contributed by atoms with Crippen molar-refractivity contribution in [1.82, 2.24) is 10.2 Å². The molecule has 28 heavy (non-hydrogen) atoms. The third-order valence-electron chi connectivity index (χ3n) is 6.23. The lowest BCUT2D eigenvalue weighted by Gasteiger charge is -2.37. The second kappa shape index (κ2) is 10.3. The number of guanidine groups is 1. The first-order chi connectivity index (χ1) is 13.9. The van der Waals surface area contributed by atoms with E-state index < -0.39 is 0 Å². The number of furan rings is 1. The summed E-state index contributed by atoms with van der Waals surface area (Å²) in [7, 11) is 0. The Morgan fingerprint density at radius 2 is 1.96 bits per heavy atom. The highest BCUT2D eigenvalue weighted by Gasteiger charge is 2.32. The Hall–Kier alpha value is -1.53. The number of aliphatic imine (C=N–C) groups is 1. The number of nitrogens with zero attached hydrogens (tertiary/aromatic N) is 2. The zero-order valence-electron chi connectivity index (χ0n) is 17.0. The van der Waals surface area contributed by atoms with E-state index in [9.17, 15) is 0 Å². The molecule has 0 aromatic carbocycles. The van der Waals surface area contributed by atoms with Crippen LogP contribution in [-0.4, -0.2) is 62.5 Å². The van der Waals surface area contributed by atoms with Crippen molar-refractivity contribution >= 4 is 5.96 Å². The molecule has 1 aromatic rings. The van der Waals surface area contributed by atoms with Crippen molar-refractivity contribution in [1.29, 1.82) is 0 Å². The summed E-state index contributed by atoms with van der Waals surface area (Å²) in [5.74, 6) is 2.78. The van der Waals surface area contributed by atoms with Gasteiger partial charge in [0.2, 0.25) is 0 Å². The van der Waals surface area contributed by atoms with Crippen LogP contribution in [0.4, 0.5) is 0 Å². The van der Waals surface area contributed by atoms with Crippen LogP contribution in [0.3, 0.4) is 0 Å². The van der Waals surface area contributed by atoms with Gasteiger partial charge in [-0.25, -0.2) is 0 Å². The predicted molar refractivity (Wildman–Crippen MR) is 110 cm³/mol. The van der Waals surface area contributed by atoms with Crippen LogP contribution in [0.2, 0.25) is 0 Å². The van der Waals surface area contributed by atoms with Gasteiger partial charge in [0.15, 0.2) is 5.96 Å². The van der Waals surface area contributed by atoms with Crippen LogP contribution in [0.1, 0.15) is 50.7 Å². The van der Waals surface area contributed by atoms with Crippen molar-refractivity contribution in [3.63, 3.8) is 0 Å². The Kier molecular flexibility index (Phi) is 7.28. The van der Waals surface area contributed by atoms with E-state index in [1.54, 1.807) is 6.26 Å². The minimum atomic E-state index is 0.156. The molecule has 4 rings (SSSR count). The van der Waals surface area contributed by atoms with Gasteiger partial charge in [-0.1, -0.05) is 19.3 Å². The number of hydrogen-bond donors (Lipinski definition) is 1. The minimum Gasteiger partial charge on any atom is -0.469 e. The largest absolute Gasteiger partial charge is 0.469 e. The zero-order valence-corrected chi connectivity index (χ0v) is 17.0. The lowest BCUT2D eigenvalue weighted by atomic mass is 9.89. The molecule has 3 fully saturated rings. The van der Waals surface area contributed by atoms with E-state index in [1.165, 1.54) is 32.1 Å². The van der Waals surface area contributed by atoms with Gasteiger partial charge in [-0.15, -0.1) is 0 Å². The van der Waals surface area contributed by atoms with Gasteiger partial charge in [0.05, 0.1) is 19.0 Å². The highest BCUT2D eigenvalue weighted by molar-refractivity contribution is 5.80. The average molecular weight is 390 g/mol. The SMILES string of the molecule is c1coc(CCNC(=NCC2CCCCC2)N2CCOC(C3CCCO3)C2)c1. The number of nitrogens with one attached hydrogen (secondary N) is 1. The molecule has 156 valence electrons. The number of hydrogen-bond acceptors (Lipinski definition) is 4. The Morgan fingerprint density at radius 1 is 1.07 bits per heavy atom. The van der Waals surface area contributed by atoms with Crippen LogP contribution < -0.4 is 5.32 Å². The van der Waals surface area contributed by atoms with Crippen molar-refractivity contribution < 1.29 is 13.9 Å². The Bertz CT molecular complexity index is 592. The molecule has 3 aliphatic rings. The normalized spacial score (nSPS) is 27.3.